The van der Waals surface area contributed by atoms with Crippen molar-refractivity contribution >= 4 is 40.7 Å². The van der Waals surface area contributed by atoms with Gasteiger partial charge in [0.1, 0.15) is 11.9 Å². The molecular formula is C29H22ClF2NO4S. The van der Waals surface area contributed by atoms with Crippen LogP contribution in [-0.2, 0) is 9.53 Å². The average Bonchev–Trinajstić information content (AvgIpc) is 3.69. The predicted molar refractivity (Wildman–Crippen MR) is 143 cm³/mol. The number of anilines is 1. The van der Waals surface area contributed by atoms with Crippen LogP contribution >= 0.6 is 22.9 Å². The Balaban J connectivity index is 1.35. The van der Waals surface area contributed by atoms with Gasteiger partial charge in [-0.15, -0.1) is 11.3 Å². The van der Waals surface area contributed by atoms with Crippen LogP contribution in [0.3, 0.4) is 0 Å². The molecule has 0 aliphatic heterocycles. The summed E-state index contributed by atoms with van der Waals surface area (Å²) in [4.78, 5) is 25.4. The molecule has 38 heavy (non-hydrogen) atoms. The fraction of sp³-hybridized carbons (Fsp3) is 0.172. The highest BCUT2D eigenvalue weighted by Gasteiger charge is 2.31. The molecule has 3 aromatic carbocycles. The fourth-order valence-corrected chi connectivity index (χ4v) is 5.16. The number of hydrogen-bond donors (Lipinski definition) is 1. The number of ether oxygens (including phenoxy) is 2. The molecule has 1 fully saturated rings. The lowest BCUT2D eigenvalue weighted by Gasteiger charge is -2.15. The van der Waals surface area contributed by atoms with Gasteiger partial charge in [-0.05, 0) is 66.8 Å². The van der Waals surface area contributed by atoms with Crippen molar-refractivity contribution in [1.82, 2.24) is 0 Å². The van der Waals surface area contributed by atoms with Crippen molar-refractivity contribution in [3.8, 4) is 27.3 Å². The Morgan fingerprint density at radius 1 is 0.974 bits per heavy atom. The van der Waals surface area contributed by atoms with Gasteiger partial charge < -0.3 is 9.47 Å². The number of amides is 1. The Morgan fingerprint density at radius 2 is 1.68 bits per heavy atom. The molecule has 1 heterocycles. The van der Waals surface area contributed by atoms with Crippen LogP contribution in [0.25, 0.3) is 21.6 Å². The first kappa shape index (κ1) is 25.9. The summed E-state index contributed by atoms with van der Waals surface area (Å²) in [6.07, 6.45) is 0.169. The molecule has 4 aromatic rings. The van der Waals surface area contributed by atoms with E-state index in [0.29, 0.717) is 26.2 Å². The first-order valence-electron chi connectivity index (χ1n) is 11.9. The van der Waals surface area contributed by atoms with Gasteiger partial charge in [-0.2, -0.15) is 0 Å². The molecule has 194 valence electrons. The van der Waals surface area contributed by atoms with E-state index in [2.05, 4.69) is 5.32 Å². The molecule has 1 saturated carbocycles. The van der Waals surface area contributed by atoms with Crippen LogP contribution in [0.4, 0.5) is 19.3 Å². The van der Waals surface area contributed by atoms with E-state index in [1.165, 1.54) is 17.4 Å². The molecule has 0 radical (unpaired) electrons. The highest BCUT2D eigenvalue weighted by atomic mass is 35.5. The largest absolute Gasteiger partial charge is 0.441 e. The summed E-state index contributed by atoms with van der Waals surface area (Å²) in [6.45, 7) is 1.56. The normalized spacial score (nSPS) is 13.6. The van der Waals surface area contributed by atoms with Crippen LogP contribution in [-0.4, -0.2) is 12.1 Å². The summed E-state index contributed by atoms with van der Waals surface area (Å²) in [7, 11) is 0. The lowest BCUT2D eigenvalue weighted by molar-refractivity contribution is -0.135. The molecule has 1 unspecified atom stereocenters. The van der Waals surface area contributed by atoms with Crippen molar-refractivity contribution in [2.24, 2.45) is 5.92 Å². The van der Waals surface area contributed by atoms with Crippen LogP contribution in [0.15, 0.2) is 72.8 Å². The summed E-state index contributed by atoms with van der Waals surface area (Å²) in [5.41, 5.74) is 3.37. The van der Waals surface area contributed by atoms with Crippen LogP contribution in [0.2, 0.25) is 4.34 Å². The van der Waals surface area contributed by atoms with Crippen molar-refractivity contribution in [2.75, 3.05) is 5.32 Å². The number of carbonyl (C=O) groups is 2. The van der Waals surface area contributed by atoms with Crippen LogP contribution in [0.1, 0.15) is 31.4 Å². The molecule has 1 atom stereocenters. The Morgan fingerprint density at radius 3 is 2.37 bits per heavy atom. The fourth-order valence-electron chi connectivity index (χ4n) is 3.94. The highest BCUT2D eigenvalue weighted by molar-refractivity contribution is 7.20. The van der Waals surface area contributed by atoms with E-state index in [9.17, 15) is 18.4 Å². The van der Waals surface area contributed by atoms with Crippen LogP contribution in [0.5, 0.6) is 5.75 Å². The molecular weight excluding hydrogens is 532 g/mol. The third-order valence-corrected chi connectivity index (χ3v) is 7.40. The number of halogens is 3. The minimum Gasteiger partial charge on any atom is -0.441 e. The van der Waals surface area contributed by atoms with Crippen molar-refractivity contribution in [3.05, 3.63) is 94.3 Å². The zero-order valence-corrected chi connectivity index (χ0v) is 21.7. The molecule has 1 aliphatic carbocycles. The lowest BCUT2D eigenvalue weighted by Crippen LogP contribution is -2.16. The van der Waals surface area contributed by atoms with Gasteiger partial charge in [0, 0.05) is 5.56 Å². The number of nitrogens with one attached hydrogen (secondary N) is 1. The van der Waals surface area contributed by atoms with Gasteiger partial charge in [-0.25, -0.2) is 13.6 Å². The predicted octanol–water partition coefficient (Wildman–Crippen LogP) is 8.64. The van der Waals surface area contributed by atoms with E-state index in [1.807, 2.05) is 36.4 Å². The lowest BCUT2D eigenvalue weighted by atomic mass is 9.98. The van der Waals surface area contributed by atoms with Gasteiger partial charge in [-0.3, -0.25) is 10.1 Å². The molecule has 0 saturated heterocycles. The summed E-state index contributed by atoms with van der Waals surface area (Å²) in [5.74, 6) is -1.70. The van der Waals surface area contributed by atoms with E-state index in [1.54, 1.807) is 25.1 Å². The van der Waals surface area contributed by atoms with Crippen molar-refractivity contribution in [1.29, 1.82) is 0 Å². The zero-order chi connectivity index (χ0) is 26.8. The van der Waals surface area contributed by atoms with Gasteiger partial charge in [0.2, 0.25) is 0 Å². The number of carbonyl (C=O) groups excluding carboxylic acids is 2. The maximum atomic E-state index is 13.6. The highest BCUT2D eigenvalue weighted by Crippen LogP contribution is 2.43. The smallest absolute Gasteiger partial charge is 0.412 e. The summed E-state index contributed by atoms with van der Waals surface area (Å²) >= 11 is 7.63. The standard InChI is InChI=1S/C29H22ClF2NO4S/c1-16(19-10-13-23(31)24(32)14-19)36-29(35)33-25-15-26(30)38-27(25)22-5-3-2-4-21(22)17-8-11-20(12-9-17)37-28(34)18-6-7-18/h2-5,8-16,18H,6-7H2,1H3,(H,33,35). The molecule has 1 amide bonds. The van der Waals surface area contributed by atoms with Gasteiger partial charge in [0.25, 0.3) is 0 Å². The van der Waals surface area contributed by atoms with Crippen molar-refractivity contribution < 1.29 is 27.8 Å². The van der Waals surface area contributed by atoms with E-state index in [-0.39, 0.29) is 11.9 Å². The monoisotopic (exact) mass is 553 g/mol. The number of thiophene rings is 1. The topological polar surface area (TPSA) is 64.6 Å². The van der Waals surface area contributed by atoms with Crippen molar-refractivity contribution in [2.45, 2.75) is 25.9 Å². The first-order chi connectivity index (χ1) is 18.3. The third kappa shape index (κ3) is 5.87. The molecule has 5 nitrogen and oxygen atoms in total. The molecule has 1 aliphatic rings. The van der Waals surface area contributed by atoms with Gasteiger partial charge in [0.15, 0.2) is 11.6 Å². The molecule has 9 heteroatoms. The quantitative estimate of drug-likeness (QED) is 0.184. The second-order valence-corrected chi connectivity index (χ2v) is 10.6. The van der Waals surface area contributed by atoms with Gasteiger partial charge in [-0.1, -0.05) is 54.1 Å². The average molecular weight is 554 g/mol. The minimum atomic E-state index is -1.02. The molecule has 1 aromatic heterocycles. The second-order valence-electron chi connectivity index (χ2n) is 8.90. The zero-order valence-electron chi connectivity index (χ0n) is 20.2. The van der Waals surface area contributed by atoms with E-state index in [0.717, 1.165) is 41.7 Å². The Bertz CT molecular complexity index is 1500. The summed E-state index contributed by atoms with van der Waals surface area (Å²) < 4.78 is 38.1. The Labute approximate surface area is 227 Å². The van der Waals surface area contributed by atoms with Crippen LogP contribution < -0.4 is 10.1 Å². The van der Waals surface area contributed by atoms with Gasteiger partial charge in [0.05, 0.1) is 20.8 Å². The SMILES string of the molecule is CC(OC(=O)Nc1cc(Cl)sc1-c1ccccc1-c1ccc(OC(=O)C2CC2)cc1)c1ccc(F)c(F)c1. The van der Waals surface area contributed by atoms with E-state index < -0.39 is 23.8 Å². The molecule has 1 N–H and O–H groups in total. The van der Waals surface area contributed by atoms with Crippen LogP contribution in [0, 0.1) is 17.6 Å². The maximum Gasteiger partial charge on any atom is 0.412 e. The Kier molecular flexibility index (Phi) is 7.44. The number of esters is 1. The second kappa shape index (κ2) is 10.9. The number of hydrogen-bond acceptors (Lipinski definition) is 5. The number of rotatable bonds is 7. The summed E-state index contributed by atoms with van der Waals surface area (Å²) in [5, 5.41) is 2.72. The Hall–Kier alpha value is -3.75. The summed E-state index contributed by atoms with van der Waals surface area (Å²) in [6, 6.07) is 19.9. The van der Waals surface area contributed by atoms with E-state index >= 15 is 0 Å². The molecule has 0 spiro atoms. The van der Waals surface area contributed by atoms with Gasteiger partial charge >= 0.3 is 12.1 Å². The molecule has 5 rings (SSSR count). The third-order valence-electron chi connectivity index (χ3n) is 6.10. The minimum absolute atomic E-state index is 0.0106. The van der Waals surface area contributed by atoms with Crippen molar-refractivity contribution in [3.63, 3.8) is 0 Å². The molecule has 0 bridgehead atoms. The van der Waals surface area contributed by atoms with E-state index in [4.69, 9.17) is 21.1 Å². The first-order valence-corrected chi connectivity index (χ1v) is 13.1. The maximum absolute atomic E-state index is 13.6. The number of benzene rings is 3.